The zero-order valence-electron chi connectivity index (χ0n) is 7.07. The average molecular weight is 233 g/mol. The summed E-state index contributed by atoms with van der Waals surface area (Å²) in [6.45, 7) is 2.48. The second-order valence-electron chi connectivity index (χ2n) is 4.49. The topological polar surface area (TPSA) is 0 Å². The van der Waals surface area contributed by atoms with Crippen molar-refractivity contribution in [1.29, 1.82) is 0 Å². The van der Waals surface area contributed by atoms with Gasteiger partial charge in [-0.1, -0.05) is 0 Å². The molecule has 1 aliphatic carbocycles. The first-order valence-electron chi connectivity index (χ1n) is 4.02. The van der Waals surface area contributed by atoms with Crippen molar-refractivity contribution in [2.24, 2.45) is 5.92 Å². The molecule has 1 saturated carbocycles. The molecule has 1 aliphatic rings. The second kappa shape index (κ2) is 2.44. The van der Waals surface area contributed by atoms with Gasteiger partial charge in [-0.3, -0.25) is 0 Å². The molecule has 0 aliphatic heterocycles. The van der Waals surface area contributed by atoms with Crippen LogP contribution >= 0.6 is 0 Å². The third kappa shape index (κ3) is 2.14. The van der Waals surface area contributed by atoms with Gasteiger partial charge in [-0.15, -0.1) is 0 Å². The fraction of sp³-hybridized carbons (Fsp3) is 1.00. The molecule has 0 amide bonds. The van der Waals surface area contributed by atoms with Crippen LogP contribution in [0.2, 0.25) is 18.8 Å². The third-order valence-electron chi connectivity index (χ3n) is 2.70. The summed E-state index contributed by atoms with van der Waals surface area (Å²) in [6.07, 6.45) is 3.07. The molecule has 0 aromatic heterocycles. The summed E-state index contributed by atoms with van der Waals surface area (Å²) in [4.78, 5) is 7.66. The van der Waals surface area contributed by atoms with Crippen LogP contribution in [0, 0.1) is 5.92 Å². The van der Waals surface area contributed by atoms with Crippen molar-refractivity contribution in [2.45, 2.75) is 38.5 Å². The van der Waals surface area contributed by atoms with Gasteiger partial charge in [0.05, 0.1) is 0 Å². The zero-order chi connectivity index (χ0) is 7.07. The Hall–Kier alpha value is 0.799. The standard InChI is InChI=1S/C5H9.3CH3.Sn/c1-2-5-3-4-5;;;;/h2,5H,3-4H2,1H3;3*1H3;. The fourth-order valence-electron chi connectivity index (χ4n) is 1.30. The van der Waals surface area contributed by atoms with E-state index in [1.165, 1.54) is 12.8 Å². The van der Waals surface area contributed by atoms with Gasteiger partial charge < -0.3 is 0 Å². The van der Waals surface area contributed by atoms with E-state index in [1.54, 1.807) is 0 Å². The molecular weight excluding hydrogens is 215 g/mol. The third-order valence-corrected chi connectivity index (χ3v) is 11.8. The van der Waals surface area contributed by atoms with Crippen molar-refractivity contribution in [1.82, 2.24) is 0 Å². The Bertz CT molecular complexity index is 97.6. The molecule has 1 rings (SSSR count). The van der Waals surface area contributed by atoms with E-state index in [2.05, 4.69) is 21.7 Å². The summed E-state index contributed by atoms with van der Waals surface area (Å²) >= 11 is -1.43. The van der Waals surface area contributed by atoms with Crippen LogP contribution in [0.4, 0.5) is 0 Å². The summed E-state index contributed by atoms with van der Waals surface area (Å²) < 4.78 is 1.14. The summed E-state index contributed by atoms with van der Waals surface area (Å²) in [5, 5.41) is 0. The maximum atomic E-state index is 2.55. The summed E-state index contributed by atoms with van der Waals surface area (Å²) in [5.41, 5.74) is 0. The van der Waals surface area contributed by atoms with E-state index < -0.39 is 18.4 Å². The van der Waals surface area contributed by atoms with Crippen molar-refractivity contribution >= 4 is 18.4 Å². The van der Waals surface area contributed by atoms with E-state index in [1.807, 2.05) is 0 Å². The normalized spacial score (nSPS) is 24.0. The van der Waals surface area contributed by atoms with Gasteiger partial charge in [-0.05, 0) is 0 Å². The average Bonchev–Trinajstić information content (AvgIpc) is 2.40. The molecule has 0 saturated heterocycles. The minimum absolute atomic E-state index is 1.14. The van der Waals surface area contributed by atoms with E-state index in [0.29, 0.717) is 0 Å². The molecule has 0 radical (unpaired) electrons. The van der Waals surface area contributed by atoms with E-state index >= 15 is 0 Å². The van der Waals surface area contributed by atoms with Gasteiger partial charge in [0.15, 0.2) is 0 Å². The predicted octanol–water partition coefficient (Wildman–Crippen LogP) is 3.12. The van der Waals surface area contributed by atoms with Crippen LogP contribution < -0.4 is 0 Å². The molecule has 9 heavy (non-hydrogen) atoms. The van der Waals surface area contributed by atoms with Crippen molar-refractivity contribution in [3.8, 4) is 0 Å². The van der Waals surface area contributed by atoms with Gasteiger partial charge in [0.2, 0.25) is 0 Å². The number of hydrogen-bond donors (Lipinski definition) is 0. The van der Waals surface area contributed by atoms with Crippen LogP contribution in [0.5, 0.6) is 0 Å². The van der Waals surface area contributed by atoms with Gasteiger partial charge in [0.25, 0.3) is 0 Å². The molecule has 0 spiro atoms. The van der Waals surface area contributed by atoms with Gasteiger partial charge >= 0.3 is 62.8 Å². The van der Waals surface area contributed by atoms with Gasteiger partial charge in [0, 0.05) is 0 Å². The monoisotopic (exact) mass is 234 g/mol. The summed E-state index contributed by atoms with van der Waals surface area (Å²) in [7, 11) is 0. The van der Waals surface area contributed by atoms with Gasteiger partial charge in [-0.2, -0.15) is 0 Å². The Labute approximate surface area is 62.9 Å². The molecule has 0 heterocycles. The van der Waals surface area contributed by atoms with Crippen LogP contribution in [-0.2, 0) is 0 Å². The van der Waals surface area contributed by atoms with E-state index in [4.69, 9.17) is 0 Å². The van der Waals surface area contributed by atoms with Crippen molar-refractivity contribution in [3.63, 3.8) is 0 Å². The first kappa shape index (κ1) is 7.90. The first-order valence-corrected chi connectivity index (χ1v) is 14.2. The molecule has 0 aromatic carbocycles. The van der Waals surface area contributed by atoms with Crippen LogP contribution in [0.25, 0.3) is 0 Å². The number of rotatable bonds is 2. The van der Waals surface area contributed by atoms with Crippen molar-refractivity contribution in [3.05, 3.63) is 0 Å². The molecule has 0 bridgehead atoms. The maximum absolute atomic E-state index is 2.55. The Kier molecular flexibility index (Phi) is 2.15. The van der Waals surface area contributed by atoms with E-state index in [-0.39, 0.29) is 0 Å². The molecule has 1 atom stereocenters. The van der Waals surface area contributed by atoms with Crippen LogP contribution in [0.3, 0.4) is 0 Å². The van der Waals surface area contributed by atoms with Crippen LogP contribution in [-0.4, -0.2) is 18.4 Å². The van der Waals surface area contributed by atoms with Gasteiger partial charge in [0.1, 0.15) is 0 Å². The molecule has 1 unspecified atom stereocenters. The summed E-state index contributed by atoms with van der Waals surface area (Å²) in [5.74, 6) is 1.15. The number of hydrogen-bond acceptors (Lipinski definition) is 0. The zero-order valence-corrected chi connectivity index (χ0v) is 9.92. The molecule has 54 valence electrons. The SMILES string of the molecule is C[CH](C1CC1)[Sn]([CH3])([CH3])[CH3]. The molecule has 1 fully saturated rings. The second-order valence-corrected chi connectivity index (χ2v) is 20.6. The molecule has 1 heteroatoms. The Morgan fingerprint density at radius 2 is 1.67 bits per heavy atom. The quantitative estimate of drug-likeness (QED) is 0.642. The van der Waals surface area contributed by atoms with Gasteiger partial charge in [-0.25, -0.2) is 0 Å². The van der Waals surface area contributed by atoms with Crippen LogP contribution in [0.1, 0.15) is 19.8 Å². The molecular formula is C8H18Sn. The Morgan fingerprint density at radius 3 is 1.78 bits per heavy atom. The summed E-state index contributed by atoms with van der Waals surface area (Å²) in [6, 6.07) is 0. The predicted molar refractivity (Wildman–Crippen MR) is 45.5 cm³/mol. The molecule has 0 N–H and O–H groups in total. The fourth-order valence-corrected chi connectivity index (χ4v) is 6.29. The Balaban J connectivity index is 2.40. The van der Waals surface area contributed by atoms with E-state index in [9.17, 15) is 0 Å². The van der Waals surface area contributed by atoms with Crippen LogP contribution in [0.15, 0.2) is 0 Å². The minimum atomic E-state index is -1.43. The molecule has 0 nitrogen and oxygen atoms in total. The Morgan fingerprint density at radius 1 is 1.22 bits per heavy atom. The van der Waals surface area contributed by atoms with E-state index in [0.717, 1.165) is 9.85 Å². The van der Waals surface area contributed by atoms with Crippen molar-refractivity contribution in [2.75, 3.05) is 0 Å². The first-order chi connectivity index (χ1) is 4.02. The molecule has 0 aromatic rings. The van der Waals surface area contributed by atoms with Crippen molar-refractivity contribution < 1.29 is 0 Å².